The van der Waals surface area contributed by atoms with Gasteiger partial charge >= 0.3 is 20.4 Å². The van der Waals surface area contributed by atoms with Crippen LogP contribution in [0.25, 0.3) is 0 Å². The van der Waals surface area contributed by atoms with Crippen LogP contribution in [0.1, 0.15) is 62.3 Å². The molecular weight excluding hydrogens is 353 g/mol. The van der Waals surface area contributed by atoms with Crippen LogP contribution in [0.3, 0.4) is 0 Å². The van der Waals surface area contributed by atoms with Gasteiger partial charge in [0, 0.05) is 0 Å². The van der Waals surface area contributed by atoms with E-state index in [9.17, 15) is 0 Å². The second kappa shape index (κ2) is 9.83. The maximum Gasteiger partial charge on any atom is 2.00 e. The molecule has 0 aromatic rings. The predicted molar refractivity (Wildman–Crippen MR) is 81.7 cm³/mol. The van der Waals surface area contributed by atoms with Crippen molar-refractivity contribution in [2.45, 2.75) is 77.8 Å². The van der Waals surface area contributed by atoms with Crippen molar-refractivity contribution in [1.29, 1.82) is 0 Å². The third-order valence-electron chi connectivity index (χ3n) is 2.01. The molecule has 0 aromatic carbocycles. The van der Waals surface area contributed by atoms with E-state index in [0.717, 1.165) is 0 Å². The van der Waals surface area contributed by atoms with Gasteiger partial charge in [0.25, 0.3) is 0 Å². The van der Waals surface area contributed by atoms with Gasteiger partial charge in [-0.15, -0.1) is 0 Å². The smallest absolute Gasteiger partial charge is 1.00 e. The van der Waals surface area contributed by atoms with E-state index in [1.54, 1.807) is 0 Å². The van der Waals surface area contributed by atoms with Gasteiger partial charge in [-0.05, 0) is 15.5 Å². The summed E-state index contributed by atoms with van der Waals surface area (Å²) in [7, 11) is 0.0162. The van der Waals surface area contributed by atoms with E-state index < -0.39 is 0 Å². The summed E-state index contributed by atoms with van der Waals surface area (Å²) in [6.45, 7) is 28.0. The molecule has 0 amide bonds. The average molecular weight is 385 g/mol. The Hall–Kier alpha value is 0.992. The Bertz CT molecular complexity index is 173. The Labute approximate surface area is 138 Å². The normalized spacial score (nSPS) is 11.7. The van der Waals surface area contributed by atoms with Crippen molar-refractivity contribution in [2.75, 3.05) is 0 Å². The van der Waals surface area contributed by atoms with Gasteiger partial charge in [-0.2, -0.15) is 0 Å². The number of hydrogen-bond acceptors (Lipinski definition) is 0. The monoisotopic (exact) mass is 384 g/mol. The summed E-state index contributed by atoms with van der Waals surface area (Å²) >= 11 is 0. The van der Waals surface area contributed by atoms with Gasteiger partial charge < -0.3 is 12.4 Å². The van der Waals surface area contributed by atoms with Gasteiger partial charge in [-0.1, -0.05) is 70.2 Å². The largest absolute Gasteiger partial charge is 2.00 e. The fraction of sp³-hybridized carbons (Fsp3) is 0.800. The van der Waals surface area contributed by atoms with Gasteiger partial charge in [-0.3, -0.25) is 0 Å². The average Bonchev–Trinajstić information content (AvgIpc) is 1.74. The molecule has 0 aliphatic heterocycles. The van der Waals surface area contributed by atoms with Crippen LogP contribution in [0.5, 0.6) is 0 Å². The summed E-state index contributed by atoms with van der Waals surface area (Å²) in [5.41, 5.74) is 0. The van der Waals surface area contributed by atoms with E-state index in [2.05, 4.69) is 75.8 Å². The number of allylic oxidation sites excluding steroid dienone is 1. The zero-order chi connectivity index (χ0) is 13.8. The van der Waals surface area contributed by atoms with Crippen molar-refractivity contribution >= 4 is 7.92 Å². The van der Waals surface area contributed by atoms with Crippen LogP contribution < -0.4 is 12.4 Å². The van der Waals surface area contributed by atoms with Gasteiger partial charge in [0.2, 0.25) is 0 Å². The molecule has 3 heteroatoms. The summed E-state index contributed by atoms with van der Waals surface area (Å²) in [5.74, 6) is 0. The molecule has 0 unspecified atom stereocenters. The van der Waals surface area contributed by atoms with Crippen LogP contribution in [-0.2, 0) is 20.4 Å². The Morgan fingerprint density at radius 1 is 0.778 bits per heavy atom. The van der Waals surface area contributed by atoms with Crippen molar-refractivity contribution in [3.8, 4) is 0 Å². The quantitative estimate of drug-likeness (QED) is 0.342. The number of halogens is 1. The second-order valence-electron chi connectivity index (χ2n) is 7.14. The van der Waals surface area contributed by atoms with Crippen molar-refractivity contribution < 1.29 is 32.8 Å². The topological polar surface area (TPSA) is 0 Å². The Balaban J connectivity index is -0.000000177. The first-order valence-corrected chi connectivity index (χ1v) is 7.33. The molecule has 0 fully saturated rings. The molecule has 0 N–H and O–H groups in total. The molecule has 0 saturated carbocycles. The molecule has 0 rings (SSSR count). The summed E-state index contributed by atoms with van der Waals surface area (Å²) in [4.78, 5) is 0. The van der Waals surface area contributed by atoms with Crippen molar-refractivity contribution in [2.24, 2.45) is 0 Å². The van der Waals surface area contributed by atoms with E-state index >= 15 is 0 Å². The fourth-order valence-electron chi connectivity index (χ4n) is 3.02. The van der Waals surface area contributed by atoms with Crippen LogP contribution in [0, 0.1) is 6.92 Å². The van der Waals surface area contributed by atoms with Crippen LogP contribution in [-0.4, -0.2) is 15.5 Å². The number of rotatable bonds is 0. The summed E-state index contributed by atoms with van der Waals surface area (Å²) in [6.07, 6.45) is 1.50. The van der Waals surface area contributed by atoms with Gasteiger partial charge in [0.15, 0.2) is 0 Å². The molecule has 0 bridgehead atoms. The van der Waals surface area contributed by atoms with Crippen molar-refractivity contribution in [3.05, 3.63) is 19.6 Å². The summed E-state index contributed by atoms with van der Waals surface area (Å²) < 4.78 is 0. The van der Waals surface area contributed by atoms with Crippen LogP contribution in [0.15, 0.2) is 12.7 Å². The fourth-order valence-corrected chi connectivity index (χ4v) is 9.06. The van der Waals surface area contributed by atoms with Gasteiger partial charge in [0.1, 0.15) is 0 Å². The molecule has 0 atom stereocenters. The molecule has 0 aromatic heterocycles. The van der Waals surface area contributed by atoms with E-state index in [0.29, 0.717) is 15.5 Å². The minimum absolute atomic E-state index is 0. The summed E-state index contributed by atoms with van der Waals surface area (Å²) in [5, 5.41) is 1.35. The third kappa shape index (κ3) is 12.0. The Morgan fingerprint density at radius 2 is 0.889 bits per heavy atom. The minimum Gasteiger partial charge on any atom is -1.00 e. The SMILES string of the molecule is C=C[CH2-].CC(C)(C)P(C(C)(C)C)C(C)(C)C.[Cl-].[Pd+2]. The van der Waals surface area contributed by atoms with Crippen LogP contribution >= 0.6 is 7.92 Å². The van der Waals surface area contributed by atoms with E-state index in [-0.39, 0.29) is 40.8 Å². The molecule has 0 saturated heterocycles. The molecule has 114 valence electrons. The molecule has 0 aliphatic carbocycles. The first-order valence-electron chi connectivity index (χ1n) is 5.99. The molecule has 0 heterocycles. The molecule has 0 nitrogen and oxygen atoms in total. The molecule has 0 spiro atoms. The Morgan fingerprint density at radius 3 is 0.889 bits per heavy atom. The first-order chi connectivity index (χ1) is 6.78. The van der Waals surface area contributed by atoms with Crippen molar-refractivity contribution in [1.82, 2.24) is 0 Å². The van der Waals surface area contributed by atoms with E-state index in [1.165, 1.54) is 6.08 Å². The van der Waals surface area contributed by atoms with Gasteiger partial charge in [-0.25, -0.2) is 19.6 Å². The third-order valence-corrected chi connectivity index (χ3v) is 6.04. The molecule has 0 aliphatic rings. The van der Waals surface area contributed by atoms with Crippen LogP contribution in [0.2, 0.25) is 0 Å². The molecular formula is C15H32ClPPd. The minimum atomic E-state index is 0. The Kier molecular flexibility index (Phi) is 14.9. The van der Waals surface area contributed by atoms with Gasteiger partial charge in [0.05, 0.1) is 0 Å². The van der Waals surface area contributed by atoms with Crippen LogP contribution in [0.4, 0.5) is 0 Å². The standard InChI is InChI=1S/C12H27P.C3H5.ClH.Pd/c1-10(2,3)13(11(4,5)6)12(7,8)9;1-3-2;;/h1-9H3;3H,1-2H2;1H;/q;-1;;+2/p-1. The second-order valence-corrected chi connectivity index (χ2v) is 11.8. The molecule has 18 heavy (non-hydrogen) atoms. The first kappa shape index (κ1) is 27.4. The number of hydrogen-bond donors (Lipinski definition) is 0. The summed E-state index contributed by atoms with van der Waals surface area (Å²) in [6, 6.07) is 0. The maximum atomic E-state index is 3.25. The van der Waals surface area contributed by atoms with Crippen molar-refractivity contribution in [3.63, 3.8) is 0 Å². The van der Waals surface area contributed by atoms with E-state index in [1.807, 2.05) is 0 Å². The van der Waals surface area contributed by atoms with E-state index in [4.69, 9.17) is 0 Å². The molecule has 0 radical (unpaired) electrons. The zero-order valence-corrected chi connectivity index (χ0v) is 16.8. The maximum absolute atomic E-state index is 3.25. The predicted octanol–water partition coefficient (Wildman–Crippen LogP) is 2.87. The zero-order valence-electron chi connectivity index (χ0n) is 13.6.